The summed E-state index contributed by atoms with van der Waals surface area (Å²) in [5.74, 6) is 2.84. The molecule has 4 heterocycles. The highest BCUT2D eigenvalue weighted by atomic mass is 16.6. The van der Waals surface area contributed by atoms with Gasteiger partial charge in [-0.05, 0) is 57.8 Å². The van der Waals surface area contributed by atoms with Gasteiger partial charge in [-0.2, -0.15) is 4.98 Å². The molecule has 1 atom stereocenters. The van der Waals surface area contributed by atoms with Crippen molar-refractivity contribution in [2.45, 2.75) is 43.6 Å². The summed E-state index contributed by atoms with van der Waals surface area (Å²) in [4.78, 5) is 7.33. The normalized spacial score (nSPS) is 33.9. The lowest BCUT2D eigenvalue weighted by atomic mass is 9.73. The van der Waals surface area contributed by atoms with Gasteiger partial charge in [0, 0.05) is 6.54 Å². The first-order valence-electron chi connectivity index (χ1n) is 9.15. The Labute approximate surface area is 147 Å². The number of benzene rings is 1. The number of aromatic nitrogens is 2. The molecule has 3 aliphatic rings. The van der Waals surface area contributed by atoms with E-state index in [1.165, 1.54) is 25.9 Å². The molecule has 0 aliphatic carbocycles. The van der Waals surface area contributed by atoms with Crippen molar-refractivity contribution >= 4 is 0 Å². The van der Waals surface area contributed by atoms with Gasteiger partial charge in [0.05, 0.1) is 5.41 Å². The highest BCUT2D eigenvalue weighted by Gasteiger charge is 2.46. The van der Waals surface area contributed by atoms with E-state index in [1.54, 1.807) is 0 Å². The molecule has 0 N–H and O–H groups in total. The van der Waals surface area contributed by atoms with Crippen LogP contribution in [-0.4, -0.2) is 41.3 Å². The average Bonchev–Trinajstić information content (AvgIpc) is 3.14. The molecule has 2 bridgehead atoms. The minimum Gasteiger partial charge on any atom is -0.485 e. The first kappa shape index (κ1) is 15.2. The van der Waals surface area contributed by atoms with Gasteiger partial charge in [0.2, 0.25) is 17.3 Å². The number of fused-ring (bicyclic) bond motifs is 3. The smallest absolute Gasteiger partial charge is 0.234 e. The van der Waals surface area contributed by atoms with E-state index < -0.39 is 5.60 Å². The van der Waals surface area contributed by atoms with E-state index >= 15 is 0 Å². The molecule has 132 valence electrons. The average molecular weight is 341 g/mol. The number of para-hydroxylation sites is 2. The quantitative estimate of drug-likeness (QED) is 0.837. The Hall–Kier alpha value is -2.08. The Morgan fingerprint density at radius 2 is 1.84 bits per heavy atom. The third-order valence-electron chi connectivity index (χ3n) is 5.83. The van der Waals surface area contributed by atoms with Crippen LogP contribution in [0.5, 0.6) is 11.5 Å². The fourth-order valence-electron chi connectivity index (χ4n) is 4.45. The first-order chi connectivity index (χ1) is 12.2. The van der Waals surface area contributed by atoms with Crippen molar-refractivity contribution in [3.05, 3.63) is 36.0 Å². The predicted molar refractivity (Wildman–Crippen MR) is 90.8 cm³/mol. The molecule has 2 saturated heterocycles. The zero-order valence-electron chi connectivity index (χ0n) is 14.5. The van der Waals surface area contributed by atoms with Gasteiger partial charge in [-0.3, -0.25) is 0 Å². The molecular weight excluding hydrogens is 318 g/mol. The van der Waals surface area contributed by atoms with Crippen LogP contribution in [0.1, 0.15) is 44.3 Å². The van der Waals surface area contributed by atoms with Gasteiger partial charge in [0.15, 0.2) is 11.5 Å². The van der Waals surface area contributed by atoms with E-state index in [-0.39, 0.29) is 5.41 Å². The van der Waals surface area contributed by atoms with E-state index in [0.717, 1.165) is 36.8 Å². The lowest BCUT2D eigenvalue weighted by Gasteiger charge is -2.44. The second-order valence-corrected chi connectivity index (χ2v) is 7.76. The zero-order chi connectivity index (χ0) is 16.9. The fraction of sp³-hybridized carbons (Fsp3) is 0.579. The van der Waals surface area contributed by atoms with E-state index in [2.05, 4.69) is 10.1 Å². The minimum atomic E-state index is -0.726. The number of hydrogen-bond donors (Lipinski definition) is 0. The summed E-state index contributed by atoms with van der Waals surface area (Å²) in [5.41, 5.74) is -0.707. The van der Waals surface area contributed by atoms with Crippen LogP contribution >= 0.6 is 0 Å². The lowest BCUT2D eigenvalue weighted by molar-refractivity contribution is -0.00588. The van der Waals surface area contributed by atoms with Crippen LogP contribution in [0.15, 0.2) is 28.8 Å². The number of ether oxygens (including phenoxy) is 2. The summed E-state index contributed by atoms with van der Waals surface area (Å²) in [6.07, 6.45) is 4.65. The molecule has 0 saturated carbocycles. The van der Waals surface area contributed by atoms with Crippen LogP contribution in [0.2, 0.25) is 0 Å². The summed E-state index contributed by atoms with van der Waals surface area (Å²) >= 11 is 0. The summed E-state index contributed by atoms with van der Waals surface area (Å²) in [6, 6.07) is 7.70. The molecule has 1 unspecified atom stereocenters. The highest BCUT2D eigenvalue weighted by molar-refractivity contribution is 5.41. The van der Waals surface area contributed by atoms with Crippen LogP contribution in [-0.2, 0) is 11.0 Å². The summed E-state index contributed by atoms with van der Waals surface area (Å²) in [5, 5.41) is 4.29. The van der Waals surface area contributed by atoms with Crippen LogP contribution < -0.4 is 9.47 Å². The van der Waals surface area contributed by atoms with Gasteiger partial charge >= 0.3 is 0 Å². The zero-order valence-corrected chi connectivity index (χ0v) is 14.5. The topological polar surface area (TPSA) is 60.6 Å². The van der Waals surface area contributed by atoms with Crippen molar-refractivity contribution in [3.8, 4) is 11.5 Å². The van der Waals surface area contributed by atoms with Crippen molar-refractivity contribution in [1.82, 2.24) is 15.0 Å². The minimum absolute atomic E-state index is 0.0194. The largest absolute Gasteiger partial charge is 0.485 e. The molecule has 1 aromatic heterocycles. The standard InChI is InChI=1S/C19H23N3O3/c1-18(13-23-14-6-2-3-7-15(14)24-18)16-20-17(25-21-16)19-8-4-10-22(12-19)11-5-9-19/h2-3,6-7H,4-5,8-13H2,1H3. The second-order valence-electron chi connectivity index (χ2n) is 7.76. The van der Waals surface area contributed by atoms with E-state index in [1.807, 2.05) is 31.2 Å². The lowest BCUT2D eigenvalue weighted by Crippen LogP contribution is -2.50. The Bertz CT molecular complexity index is 780. The van der Waals surface area contributed by atoms with Crippen molar-refractivity contribution < 1.29 is 14.0 Å². The van der Waals surface area contributed by atoms with Crippen LogP contribution in [0.3, 0.4) is 0 Å². The molecule has 2 aromatic rings. The van der Waals surface area contributed by atoms with Gasteiger partial charge in [-0.1, -0.05) is 17.3 Å². The summed E-state index contributed by atoms with van der Waals surface area (Å²) in [6.45, 7) is 5.75. The van der Waals surface area contributed by atoms with Gasteiger partial charge < -0.3 is 18.9 Å². The molecule has 6 heteroatoms. The summed E-state index contributed by atoms with van der Waals surface area (Å²) in [7, 11) is 0. The molecule has 25 heavy (non-hydrogen) atoms. The Morgan fingerprint density at radius 1 is 1.08 bits per heavy atom. The van der Waals surface area contributed by atoms with Crippen molar-refractivity contribution in [2.24, 2.45) is 0 Å². The number of rotatable bonds is 2. The van der Waals surface area contributed by atoms with E-state index in [0.29, 0.717) is 12.4 Å². The molecule has 0 spiro atoms. The Morgan fingerprint density at radius 3 is 2.64 bits per heavy atom. The van der Waals surface area contributed by atoms with Crippen LogP contribution in [0.4, 0.5) is 0 Å². The third-order valence-corrected chi connectivity index (χ3v) is 5.83. The van der Waals surface area contributed by atoms with E-state index in [4.69, 9.17) is 19.0 Å². The monoisotopic (exact) mass is 341 g/mol. The molecule has 2 fully saturated rings. The number of piperidine rings is 2. The number of nitrogens with zero attached hydrogens (tertiary/aromatic N) is 3. The van der Waals surface area contributed by atoms with Gasteiger partial charge in [0.25, 0.3) is 0 Å². The SMILES string of the molecule is CC1(c2noc(C34CCCN(CCC3)C4)n2)COc2ccccc2O1. The third kappa shape index (κ3) is 2.42. The Kier molecular flexibility index (Phi) is 3.32. The van der Waals surface area contributed by atoms with Gasteiger partial charge in [-0.25, -0.2) is 0 Å². The molecule has 3 aliphatic heterocycles. The second kappa shape index (κ2) is 5.46. The Balaban J connectivity index is 1.45. The van der Waals surface area contributed by atoms with Crippen LogP contribution in [0, 0.1) is 0 Å². The maximum absolute atomic E-state index is 6.19. The van der Waals surface area contributed by atoms with Crippen molar-refractivity contribution in [3.63, 3.8) is 0 Å². The molecule has 5 rings (SSSR count). The summed E-state index contributed by atoms with van der Waals surface area (Å²) < 4.78 is 17.8. The maximum Gasteiger partial charge on any atom is 0.234 e. The predicted octanol–water partition coefficient (Wildman–Crippen LogP) is 2.88. The fourth-order valence-corrected chi connectivity index (χ4v) is 4.45. The first-order valence-corrected chi connectivity index (χ1v) is 9.15. The molecule has 0 radical (unpaired) electrons. The van der Waals surface area contributed by atoms with Gasteiger partial charge in [-0.15, -0.1) is 0 Å². The highest BCUT2D eigenvalue weighted by Crippen LogP contribution is 2.42. The van der Waals surface area contributed by atoms with Gasteiger partial charge in [0.1, 0.15) is 6.61 Å². The molecule has 6 nitrogen and oxygen atoms in total. The maximum atomic E-state index is 6.19. The number of hydrogen-bond acceptors (Lipinski definition) is 6. The van der Waals surface area contributed by atoms with Crippen LogP contribution in [0.25, 0.3) is 0 Å². The van der Waals surface area contributed by atoms with Crippen molar-refractivity contribution in [1.29, 1.82) is 0 Å². The molecular formula is C19H23N3O3. The molecule has 0 amide bonds. The van der Waals surface area contributed by atoms with E-state index in [9.17, 15) is 0 Å². The molecule has 1 aromatic carbocycles. The van der Waals surface area contributed by atoms with Crippen molar-refractivity contribution in [2.75, 3.05) is 26.2 Å².